The van der Waals surface area contributed by atoms with Crippen molar-refractivity contribution in [3.63, 3.8) is 0 Å². The first-order valence-corrected chi connectivity index (χ1v) is 12.1. The average Bonchev–Trinajstić information content (AvgIpc) is 3.75. The first-order valence-electron chi connectivity index (χ1n) is 12.1. The standard InChI is InChI=1S/C23H35N5O3/c29-22(21-15-20(25-26-21)16-1-2-16)24-9-12-28(19-7-13-31-14-8-19)18-5-10-27(11-6-18)23(30)17-3-4-17/h15-19H,1-14H2,(H,24,29)(H,25,26). The molecule has 1 aromatic rings. The molecule has 2 amide bonds. The van der Waals surface area contributed by atoms with Gasteiger partial charge in [0.25, 0.3) is 5.91 Å². The van der Waals surface area contributed by atoms with Crippen LogP contribution < -0.4 is 5.32 Å². The van der Waals surface area contributed by atoms with Gasteiger partial charge >= 0.3 is 0 Å². The van der Waals surface area contributed by atoms with Crippen LogP contribution in [0.2, 0.25) is 0 Å². The fourth-order valence-corrected chi connectivity index (χ4v) is 5.13. The molecule has 0 spiro atoms. The number of hydrogen-bond donors (Lipinski definition) is 2. The summed E-state index contributed by atoms with van der Waals surface area (Å²) >= 11 is 0. The number of amides is 2. The number of carbonyl (C=O) groups excluding carboxylic acids is 2. The maximum absolute atomic E-state index is 12.5. The van der Waals surface area contributed by atoms with Crippen molar-refractivity contribution < 1.29 is 14.3 Å². The fraction of sp³-hybridized carbons (Fsp3) is 0.783. The summed E-state index contributed by atoms with van der Waals surface area (Å²) in [5, 5.41) is 10.3. The number of nitrogens with one attached hydrogen (secondary N) is 2. The van der Waals surface area contributed by atoms with Crippen LogP contribution in [0.3, 0.4) is 0 Å². The van der Waals surface area contributed by atoms with Crippen LogP contribution in [0.5, 0.6) is 0 Å². The van der Waals surface area contributed by atoms with Gasteiger partial charge in [-0.05, 0) is 57.4 Å². The summed E-state index contributed by atoms with van der Waals surface area (Å²) in [6.07, 6.45) is 8.65. The van der Waals surface area contributed by atoms with E-state index in [2.05, 4.69) is 25.3 Å². The van der Waals surface area contributed by atoms with Gasteiger partial charge in [0.15, 0.2) is 0 Å². The molecular weight excluding hydrogens is 394 g/mol. The molecule has 2 aliphatic heterocycles. The lowest BCUT2D eigenvalue weighted by molar-refractivity contribution is -0.134. The summed E-state index contributed by atoms with van der Waals surface area (Å²) in [4.78, 5) is 29.6. The largest absolute Gasteiger partial charge is 0.381 e. The van der Waals surface area contributed by atoms with Gasteiger partial charge in [-0.25, -0.2) is 0 Å². The molecule has 5 rings (SSSR count). The van der Waals surface area contributed by atoms with Crippen molar-refractivity contribution in [2.24, 2.45) is 5.92 Å². The van der Waals surface area contributed by atoms with Gasteiger partial charge in [-0.3, -0.25) is 19.6 Å². The summed E-state index contributed by atoms with van der Waals surface area (Å²) < 4.78 is 5.59. The molecule has 0 bridgehead atoms. The quantitative estimate of drug-likeness (QED) is 0.659. The Balaban J connectivity index is 1.14. The zero-order valence-corrected chi connectivity index (χ0v) is 18.4. The number of piperidine rings is 1. The highest BCUT2D eigenvalue weighted by Crippen LogP contribution is 2.39. The van der Waals surface area contributed by atoms with Crippen molar-refractivity contribution in [2.75, 3.05) is 39.4 Å². The zero-order valence-electron chi connectivity index (χ0n) is 18.4. The van der Waals surface area contributed by atoms with Crippen LogP contribution in [-0.4, -0.2) is 83.3 Å². The van der Waals surface area contributed by atoms with E-state index in [-0.39, 0.29) is 5.91 Å². The molecule has 8 heteroatoms. The van der Waals surface area contributed by atoms with E-state index in [1.807, 2.05) is 6.07 Å². The molecule has 170 valence electrons. The van der Waals surface area contributed by atoms with Crippen LogP contribution in [0.1, 0.15) is 73.5 Å². The van der Waals surface area contributed by atoms with Gasteiger partial charge in [0.2, 0.25) is 5.91 Å². The highest BCUT2D eigenvalue weighted by molar-refractivity contribution is 5.92. The summed E-state index contributed by atoms with van der Waals surface area (Å²) in [5.74, 6) is 1.14. The van der Waals surface area contributed by atoms with Crippen LogP contribution in [0.4, 0.5) is 0 Å². The molecule has 0 unspecified atom stereocenters. The maximum atomic E-state index is 12.5. The van der Waals surface area contributed by atoms with Crippen LogP contribution in [0.15, 0.2) is 6.07 Å². The Morgan fingerprint density at radius 2 is 1.77 bits per heavy atom. The van der Waals surface area contributed by atoms with Gasteiger partial charge in [0, 0.05) is 69.0 Å². The monoisotopic (exact) mass is 429 g/mol. The lowest BCUT2D eigenvalue weighted by Gasteiger charge is -2.43. The molecule has 4 aliphatic rings. The molecule has 0 aromatic carbocycles. The number of likely N-dealkylation sites (tertiary alicyclic amines) is 1. The molecule has 4 fully saturated rings. The molecule has 2 aliphatic carbocycles. The fourth-order valence-electron chi connectivity index (χ4n) is 5.13. The Morgan fingerprint density at radius 3 is 2.45 bits per heavy atom. The van der Waals surface area contributed by atoms with Crippen LogP contribution in [0, 0.1) is 5.92 Å². The predicted octanol–water partition coefficient (Wildman–Crippen LogP) is 1.90. The van der Waals surface area contributed by atoms with Crippen molar-refractivity contribution >= 4 is 11.8 Å². The van der Waals surface area contributed by atoms with Crippen LogP contribution in [0.25, 0.3) is 0 Å². The number of H-pyrrole nitrogens is 1. The molecule has 8 nitrogen and oxygen atoms in total. The minimum atomic E-state index is -0.0973. The van der Waals surface area contributed by atoms with Crippen molar-refractivity contribution in [3.05, 3.63) is 17.5 Å². The predicted molar refractivity (Wildman–Crippen MR) is 116 cm³/mol. The SMILES string of the molecule is O=C(NCCN(C1CCOCC1)C1CCN(C(=O)C2CC2)CC1)c1cc(C2CC2)[nH]n1. The van der Waals surface area contributed by atoms with E-state index in [0.717, 1.165) is 77.1 Å². The maximum Gasteiger partial charge on any atom is 0.271 e. The second-order valence-electron chi connectivity index (χ2n) is 9.65. The highest BCUT2D eigenvalue weighted by Gasteiger charge is 2.37. The van der Waals surface area contributed by atoms with Gasteiger partial charge in [-0.1, -0.05) is 0 Å². The van der Waals surface area contributed by atoms with Gasteiger partial charge in [-0.2, -0.15) is 5.10 Å². The third-order valence-corrected chi connectivity index (χ3v) is 7.33. The smallest absolute Gasteiger partial charge is 0.271 e. The number of nitrogens with zero attached hydrogens (tertiary/aromatic N) is 3. The van der Waals surface area contributed by atoms with E-state index in [9.17, 15) is 9.59 Å². The van der Waals surface area contributed by atoms with Crippen LogP contribution >= 0.6 is 0 Å². The van der Waals surface area contributed by atoms with E-state index in [1.54, 1.807) is 0 Å². The second kappa shape index (κ2) is 9.28. The number of rotatable bonds is 8. The Kier molecular flexibility index (Phi) is 6.27. The molecule has 2 N–H and O–H groups in total. The molecule has 0 radical (unpaired) electrons. The molecule has 2 saturated heterocycles. The summed E-state index contributed by atoms with van der Waals surface area (Å²) in [6, 6.07) is 2.86. The van der Waals surface area contributed by atoms with Crippen molar-refractivity contribution in [1.82, 2.24) is 25.3 Å². The van der Waals surface area contributed by atoms with Gasteiger partial charge in [-0.15, -0.1) is 0 Å². The van der Waals surface area contributed by atoms with E-state index in [4.69, 9.17) is 4.74 Å². The molecule has 2 saturated carbocycles. The average molecular weight is 430 g/mol. The summed E-state index contributed by atoms with van der Waals surface area (Å²) in [7, 11) is 0. The Morgan fingerprint density at radius 1 is 1.06 bits per heavy atom. The summed E-state index contributed by atoms with van der Waals surface area (Å²) in [6.45, 7) is 4.79. The topological polar surface area (TPSA) is 90.6 Å². The molecule has 0 atom stereocenters. The lowest BCUT2D eigenvalue weighted by atomic mass is 9.97. The Bertz CT molecular complexity index is 774. The van der Waals surface area contributed by atoms with Crippen molar-refractivity contribution in [1.29, 1.82) is 0 Å². The summed E-state index contributed by atoms with van der Waals surface area (Å²) in [5.41, 5.74) is 1.58. The Hall–Kier alpha value is -1.93. The number of aromatic nitrogens is 2. The molecule has 1 aromatic heterocycles. The number of hydrogen-bond acceptors (Lipinski definition) is 5. The third-order valence-electron chi connectivity index (χ3n) is 7.33. The second-order valence-corrected chi connectivity index (χ2v) is 9.65. The normalized spacial score (nSPS) is 23.3. The minimum absolute atomic E-state index is 0.0973. The molecule has 3 heterocycles. The van der Waals surface area contributed by atoms with Crippen molar-refractivity contribution in [3.8, 4) is 0 Å². The van der Waals surface area contributed by atoms with Gasteiger partial charge in [0.05, 0.1) is 0 Å². The van der Waals surface area contributed by atoms with Gasteiger partial charge in [0.1, 0.15) is 5.69 Å². The van der Waals surface area contributed by atoms with E-state index in [1.165, 1.54) is 12.8 Å². The number of aromatic amines is 1. The third kappa shape index (κ3) is 5.12. The highest BCUT2D eigenvalue weighted by atomic mass is 16.5. The van der Waals surface area contributed by atoms with Gasteiger partial charge < -0.3 is 15.0 Å². The molecular formula is C23H35N5O3. The van der Waals surface area contributed by atoms with E-state index < -0.39 is 0 Å². The van der Waals surface area contributed by atoms with E-state index in [0.29, 0.717) is 42.1 Å². The molecule has 31 heavy (non-hydrogen) atoms. The number of ether oxygens (including phenoxy) is 1. The minimum Gasteiger partial charge on any atom is -0.381 e. The van der Waals surface area contributed by atoms with Crippen molar-refractivity contribution in [2.45, 2.75) is 69.4 Å². The van der Waals surface area contributed by atoms with Crippen LogP contribution in [-0.2, 0) is 9.53 Å². The first-order chi connectivity index (χ1) is 15.2. The Labute approximate surface area is 184 Å². The first kappa shape index (κ1) is 20.9. The zero-order chi connectivity index (χ0) is 21.2. The lowest BCUT2D eigenvalue weighted by Crippen LogP contribution is -2.53. The van der Waals surface area contributed by atoms with E-state index >= 15 is 0 Å². The number of carbonyl (C=O) groups is 2.